The number of rotatable bonds is 7. The maximum Gasteiger partial charge on any atom is 0.251 e. The van der Waals surface area contributed by atoms with Crippen molar-refractivity contribution >= 4 is 43.2 Å². The zero-order chi connectivity index (χ0) is 18.4. The second-order valence-corrected chi connectivity index (χ2v) is 8.12. The van der Waals surface area contributed by atoms with Gasteiger partial charge in [0.2, 0.25) is 15.9 Å². The Morgan fingerprint density at radius 3 is 2.40 bits per heavy atom. The summed E-state index contributed by atoms with van der Waals surface area (Å²) in [5.41, 5.74) is 0.653. The topological polar surface area (TPSA) is 97.3 Å². The van der Waals surface area contributed by atoms with Crippen LogP contribution in [0.25, 0.3) is 0 Å². The summed E-state index contributed by atoms with van der Waals surface area (Å²) in [6.45, 7) is 1.66. The van der Waals surface area contributed by atoms with Crippen molar-refractivity contribution in [1.29, 1.82) is 0 Å². The van der Waals surface area contributed by atoms with Crippen LogP contribution < -0.4 is 15.6 Å². The molecule has 0 bridgehead atoms. The van der Waals surface area contributed by atoms with Crippen LogP contribution in [0.15, 0.2) is 51.9 Å². The predicted molar refractivity (Wildman–Crippen MR) is 101 cm³/mol. The van der Waals surface area contributed by atoms with Crippen molar-refractivity contribution in [3.8, 4) is 0 Å². The second-order valence-electron chi connectivity index (χ2n) is 5.36. The molecule has 2 rings (SSSR count). The van der Waals surface area contributed by atoms with Gasteiger partial charge >= 0.3 is 0 Å². The van der Waals surface area contributed by atoms with Gasteiger partial charge in [0, 0.05) is 28.1 Å². The number of amides is 1. The maximum absolute atomic E-state index is 12.0. The number of nitrogens with one attached hydrogen (secondary N) is 2. The first-order valence-electron chi connectivity index (χ1n) is 7.55. The molecule has 0 aliphatic carbocycles. The molecule has 9 heteroatoms. The van der Waals surface area contributed by atoms with Gasteiger partial charge in [-0.25, -0.2) is 8.42 Å². The van der Waals surface area contributed by atoms with Crippen LogP contribution in [-0.2, 0) is 21.4 Å². The van der Waals surface area contributed by atoms with Crippen LogP contribution in [0.3, 0.4) is 0 Å². The quantitative estimate of drug-likeness (QED) is 0.708. The fourth-order valence-corrected chi connectivity index (χ4v) is 3.62. The molecule has 0 saturated heterocycles. The van der Waals surface area contributed by atoms with E-state index in [1.807, 2.05) is 0 Å². The average molecular weight is 428 g/mol. The number of pyridine rings is 1. The summed E-state index contributed by atoms with van der Waals surface area (Å²) in [6.07, 6.45) is 2.06. The lowest BCUT2D eigenvalue weighted by atomic mass is 10.3. The lowest BCUT2D eigenvalue weighted by Crippen LogP contribution is -2.26. The Hall–Kier alpha value is -2.13. The minimum absolute atomic E-state index is 0.0485. The van der Waals surface area contributed by atoms with E-state index in [1.165, 1.54) is 16.8 Å². The average Bonchev–Trinajstić information content (AvgIpc) is 2.52. The Balaban J connectivity index is 2.00. The van der Waals surface area contributed by atoms with E-state index in [2.05, 4.69) is 26.0 Å². The maximum atomic E-state index is 12.0. The number of carbonyl (C=O) groups excluding carboxylic acids is 1. The van der Waals surface area contributed by atoms with Gasteiger partial charge in [0.15, 0.2) is 0 Å². The van der Waals surface area contributed by atoms with Gasteiger partial charge in [-0.15, -0.1) is 0 Å². The van der Waals surface area contributed by atoms with Crippen LogP contribution in [0, 0.1) is 0 Å². The highest BCUT2D eigenvalue weighted by Gasteiger charge is 2.09. The first kappa shape index (κ1) is 19.2. The molecule has 2 aromatic rings. The highest BCUT2D eigenvalue weighted by molar-refractivity contribution is 9.10. The van der Waals surface area contributed by atoms with E-state index in [1.54, 1.807) is 37.3 Å². The minimum Gasteiger partial charge on any atom is -0.325 e. The molecule has 1 heterocycles. The summed E-state index contributed by atoms with van der Waals surface area (Å²) in [5.74, 6) is -0.313. The third-order valence-corrected chi connectivity index (χ3v) is 5.14. The molecule has 25 heavy (non-hydrogen) atoms. The molecule has 1 aromatic carbocycles. The molecule has 0 fully saturated rings. The smallest absolute Gasteiger partial charge is 0.251 e. The number of hydrogen-bond acceptors (Lipinski definition) is 4. The van der Waals surface area contributed by atoms with Crippen LogP contribution in [0.5, 0.6) is 0 Å². The van der Waals surface area contributed by atoms with E-state index in [4.69, 9.17) is 0 Å². The molecule has 2 N–H and O–H groups in total. The van der Waals surface area contributed by atoms with Crippen molar-refractivity contribution < 1.29 is 13.2 Å². The number of halogens is 1. The number of benzene rings is 1. The van der Waals surface area contributed by atoms with Crippen molar-refractivity contribution in [2.24, 2.45) is 0 Å². The molecule has 0 spiro atoms. The van der Waals surface area contributed by atoms with Crippen LogP contribution in [0.1, 0.15) is 13.3 Å². The van der Waals surface area contributed by atoms with E-state index < -0.39 is 10.0 Å². The lowest BCUT2D eigenvalue weighted by molar-refractivity contribution is -0.116. The van der Waals surface area contributed by atoms with Gasteiger partial charge < -0.3 is 9.88 Å². The highest BCUT2D eigenvalue weighted by atomic mass is 79.9. The van der Waals surface area contributed by atoms with Crippen LogP contribution in [0.4, 0.5) is 11.4 Å². The van der Waals surface area contributed by atoms with E-state index >= 15 is 0 Å². The summed E-state index contributed by atoms with van der Waals surface area (Å²) in [5, 5.41) is 2.66. The first-order valence-corrected chi connectivity index (χ1v) is 10.00. The summed E-state index contributed by atoms with van der Waals surface area (Å²) in [4.78, 5) is 23.7. The molecular weight excluding hydrogens is 410 g/mol. The molecule has 0 unspecified atom stereocenters. The summed E-state index contributed by atoms with van der Waals surface area (Å²) in [6, 6.07) is 9.28. The van der Waals surface area contributed by atoms with Gasteiger partial charge in [-0.3, -0.25) is 14.3 Å². The normalized spacial score (nSPS) is 11.1. The Bertz CT molecular complexity index is 908. The number of anilines is 2. The van der Waals surface area contributed by atoms with Gasteiger partial charge in [-0.1, -0.05) is 6.92 Å². The highest BCUT2D eigenvalue weighted by Crippen LogP contribution is 2.15. The summed E-state index contributed by atoms with van der Waals surface area (Å²) >= 11 is 3.25. The van der Waals surface area contributed by atoms with E-state index in [-0.39, 0.29) is 23.8 Å². The molecule has 0 aliphatic rings. The van der Waals surface area contributed by atoms with E-state index in [0.717, 1.165) is 0 Å². The molecule has 134 valence electrons. The van der Waals surface area contributed by atoms with Crippen LogP contribution in [-0.4, -0.2) is 24.6 Å². The third-order valence-electron chi connectivity index (χ3n) is 3.18. The van der Waals surface area contributed by atoms with Crippen molar-refractivity contribution in [1.82, 2.24) is 4.57 Å². The van der Waals surface area contributed by atoms with Gasteiger partial charge in [-0.2, -0.15) is 0 Å². The summed E-state index contributed by atoms with van der Waals surface area (Å²) < 4.78 is 27.9. The fourth-order valence-electron chi connectivity index (χ4n) is 2.10. The largest absolute Gasteiger partial charge is 0.325 e. The zero-order valence-corrected chi connectivity index (χ0v) is 15.9. The Kier molecular flexibility index (Phi) is 6.38. The Labute approximate surface area is 154 Å². The standard InChI is InChI=1S/C16H18BrN3O4S/c1-2-9-25(23,24)19-14-6-4-13(5-7-14)18-15(21)11-20-10-12(17)3-8-16(20)22/h3-8,10,19H,2,9,11H2,1H3,(H,18,21). The fraction of sp³-hybridized carbons (Fsp3) is 0.250. The molecule has 0 aliphatic heterocycles. The SMILES string of the molecule is CCCS(=O)(=O)Nc1ccc(NC(=O)Cn2cc(Br)ccc2=O)cc1. The van der Waals surface area contributed by atoms with E-state index in [9.17, 15) is 18.0 Å². The minimum atomic E-state index is -3.35. The molecule has 1 aromatic heterocycles. The Morgan fingerprint density at radius 1 is 1.12 bits per heavy atom. The van der Waals surface area contributed by atoms with Crippen LogP contribution in [0.2, 0.25) is 0 Å². The second kappa shape index (κ2) is 8.30. The third kappa shape index (κ3) is 6.02. The molecule has 0 atom stereocenters. The monoisotopic (exact) mass is 427 g/mol. The number of carbonyl (C=O) groups is 1. The van der Waals surface area contributed by atoms with Crippen molar-refractivity contribution in [2.45, 2.75) is 19.9 Å². The number of sulfonamides is 1. The van der Waals surface area contributed by atoms with E-state index in [0.29, 0.717) is 22.3 Å². The van der Waals surface area contributed by atoms with Crippen molar-refractivity contribution in [2.75, 3.05) is 15.8 Å². The lowest BCUT2D eigenvalue weighted by Gasteiger charge is -2.10. The van der Waals surface area contributed by atoms with Gasteiger partial charge in [0.1, 0.15) is 6.54 Å². The van der Waals surface area contributed by atoms with Gasteiger partial charge in [0.05, 0.1) is 5.75 Å². The first-order chi connectivity index (χ1) is 11.8. The number of nitrogens with zero attached hydrogens (tertiary/aromatic N) is 1. The van der Waals surface area contributed by atoms with Crippen molar-refractivity contribution in [3.05, 3.63) is 57.4 Å². The molecular formula is C16H18BrN3O4S. The van der Waals surface area contributed by atoms with Crippen LogP contribution >= 0.6 is 15.9 Å². The number of hydrogen-bond donors (Lipinski definition) is 2. The summed E-state index contributed by atoms with van der Waals surface area (Å²) in [7, 11) is -3.35. The molecule has 0 radical (unpaired) electrons. The zero-order valence-electron chi connectivity index (χ0n) is 13.5. The van der Waals surface area contributed by atoms with Crippen molar-refractivity contribution in [3.63, 3.8) is 0 Å². The molecule has 7 nitrogen and oxygen atoms in total. The van der Waals surface area contributed by atoms with Gasteiger partial charge in [0.25, 0.3) is 5.56 Å². The number of aromatic nitrogens is 1. The van der Waals surface area contributed by atoms with Gasteiger partial charge in [-0.05, 0) is 52.7 Å². The Morgan fingerprint density at radius 2 is 1.76 bits per heavy atom. The molecule has 1 amide bonds. The predicted octanol–water partition coefficient (Wildman–Crippen LogP) is 2.40. The molecule has 0 saturated carbocycles.